The quantitative estimate of drug-likeness (QED) is 0.885. The van der Waals surface area contributed by atoms with E-state index in [1.54, 1.807) is 12.6 Å². The standard InChI is InChI=1S/C13H21N3OS/c1-10(18(2)17)7-8-14-13-11-5-3-4-6-12(11)15-9-16-13/h9-10H,3-8H2,1-2H3,(H,14,15,16). The molecule has 100 valence electrons. The molecule has 1 heterocycles. The molecule has 0 aliphatic heterocycles. The lowest BCUT2D eigenvalue weighted by Gasteiger charge is -2.18. The second kappa shape index (κ2) is 6.27. The second-order valence-electron chi connectivity index (χ2n) is 4.88. The van der Waals surface area contributed by atoms with Crippen LogP contribution in [-0.2, 0) is 23.6 Å². The Morgan fingerprint density at radius 3 is 2.94 bits per heavy atom. The van der Waals surface area contributed by atoms with Gasteiger partial charge in [0.2, 0.25) is 0 Å². The van der Waals surface area contributed by atoms with E-state index in [1.807, 2.05) is 6.92 Å². The number of hydrogen-bond donors (Lipinski definition) is 1. The van der Waals surface area contributed by atoms with Crippen molar-refractivity contribution in [2.45, 2.75) is 44.3 Å². The third kappa shape index (κ3) is 3.28. The van der Waals surface area contributed by atoms with Crippen LogP contribution in [0.25, 0.3) is 0 Å². The fourth-order valence-corrected chi connectivity index (χ4v) is 2.68. The van der Waals surface area contributed by atoms with Gasteiger partial charge >= 0.3 is 0 Å². The molecule has 0 saturated carbocycles. The summed E-state index contributed by atoms with van der Waals surface area (Å²) in [4.78, 5) is 8.69. The largest absolute Gasteiger partial charge is 0.370 e. The van der Waals surface area contributed by atoms with Gasteiger partial charge in [0.1, 0.15) is 12.1 Å². The van der Waals surface area contributed by atoms with Gasteiger partial charge in [-0.1, -0.05) is 6.92 Å². The molecule has 1 aliphatic carbocycles. The number of aryl methyl sites for hydroxylation is 1. The van der Waals surface area contributed by atoms with Gasteiger partial charge in [-0.25, -0.2) is 9.97 Å². The van der Waals surface area contributed by atoms with E-state index in [4.69, 9.17) is 0 Å². The van der Waals surface area contributed by atoms with Crippen molar-refractivity contribution in [2.24, 2.45) is 0 Å². The highest BCUT2D eigenvalue weighted by molar-refractivity contribution is 7.84. The van der Waals surface area contributed by atoms with Crippen molar-refractivity contribution in [3.05, 3.63) is 17.6 Å². The fourth-order valence-electron chi connectivity index (χ4n) is 2.23. The van der Waals surface area contributed by atoms with Crippen LogP contribution in [0.3, 0.4) is 0 Å². The summed E-state index contributed by atoms with van der Waals surface area (Å²) in [7, 11) is -0.743. The number of fused-ring (bicyclic) bond motifs is 1. The Balaban J connectivity index is 1.95. The summed E-state index contributed by atoms with van der Waals surface area (Å²) in [5, 5.41) is 3.60. The molecule has 0 radical (unpaired) electrons. The third-order valence-electron chi connectivity index (χ3n) is 3.53. The Morgan fingerprint density at radius 2 is 2.17 bits per heavy atom. The normalized spacial score (nSPS) is 17.9. The second-order valence-corrected chi connectivity index (χ2v) is 6.68. The number of rotatable bonds is 5. The van der Waals surface area contributed by atoms with Crippen molar-refractivity contribution in [3.8, 4) is 0 Å². The molecule has 4 nitrogen and oxygen atoms in total. The molecule has 0 bridgehead atoms. The highest BCUT2D eigenvalue weighted by Crippen LogP contribution is 2.24. The van der Waals surface area contributed by atoms with Crippen molar-refractivity contribution < 1.29 is 4.21 Å². The number of nitrogens with one attached hydrogen (secondary N) is 1. The van der Waals surface area contributed by atoms with E-state index in [0.717, 1.165) is 31.6 Å². The van der Waals surface area contributed by atoms with E-state index in [1.165, 1.54) is 24.1 Å². The van der Waals surface area contributed by atoms with Crippen LogP contribution >= 0.6 is 0 Å². The lowest BCUT2D eigenvalue weighted by Crippen LogP contribution is -2.17. The summed E-state index contributed by atoms with van der Waals surface area (Å²) in [5.41, 5.74) is 2.49. The Bertz CT molecular complexity index is 436. The van der Waals surface area contributed by atoms with E-state index in [0.29, 0.717) is 0 Å². The number of hydrogen-bond acceptors (Lipinski definition) is 4. The van der Waals surface area contributed by atoms with Crippen molar-refractivity contribution in [2.75, 3.05) is 18.1 Å². The molecule has 0 spiro atoms. The maximum Gasteiger partial charge on any atom is 0.132 e. The Labute approximate surface area is 111 Å². The first-order valence-corrected chi connectivity index (χ1v) is 8.19. The van der Waals surface area contributed by atoms with Crippen molar-refractivity contribution >= 4 is 16.6 Å². The van der Waals surface area contributed by atoms with Crippen LogP contribution in [0.15, 0.2) is 6.33 Å². The van der Waals surface area contributed by atoms with Gasteiger partial charge in [0.15, 0.2) is 0 Å². The molecule has 18 heavy (non-hydrogen) atoms. The summed E-state index contributed by atoms with van der Waals surface area (Å²) >= 11 is 0. The first-order chi connectivity index (χ1) is 8.68. The molecule has 1 aliphatic rings. The maximum absolute atomic E-state index is 11.3. The molecular weight excluding hydrogens is 246 g/mol. The molecule has 5 heteroatoms. The predicted octanol–water partition coefficient (Wildman–Crippen LogP) is 1.92. The topological polar surface area (TPSA) is 54.9 Å². The summed E-state index contributed by atoms with van der Waals surface area (Å²) in [5.74, 6) is 0.980. The van der Waals surface area contributed by atoms with Crippen LogP contribution in [0, 0.1) is 0 Å². The monoisotopic (exact) mass is 267 g/mol. The van der Waals surface area contributed by atoms with Crippen LogP contribution in [0.1, 0.15) is 37.4 Å². The molecule has 1 N–H and O–H groups in total. The van der Waals surface area contributed by atoms with Gasteiger partial charge in [-0.2, -0.15) is 0 Å². The molecule has 0 aromatic carbocycles. The minimum Gasteiger partial charge on any atom is -0.370 e. The van der Waals surface area contributed by atoms with Crippen LogP contribution in [0.2, 0.25) is 0 Å². The molecule has 1 aromatic rings. The van der Waals surface area contributed by atoms with Crippen LogP contribution in [-0.4, -0.2) is 32.2 Å². The summed E-state index contributed by atoms with van der Waals surface area (Å²) in [6.07, 6.45) is 8.92. The number of aromatic nitrogens is 2. The molecular formula is C13H21N3OS. The zero-order valence-corrected chi connectivity index (χ0v) is 11.9. The molecule has 2 rings (SSSR count). The van der Waals surface area contributed by atoms with Gasteiger partial charge in [0.25, 0.3) is 0 Å². The zero-order chi connectivity index (χ0) is 13.0. The van der Waals surface area contributed by atoms with Gasteiger partial charge in [-0.3, -0.25) is 4.21 Å². The maximum atomic E-state index is 11.3. The number of nitrogens with zero attached hydrogens (tertiary/aromatic N) is 2. The Kier molecular flexibility index (Phi) is 4.69. The zero-order valence-electron chi connectivity index (χ0n) is 11.1. The van der Waals surface area contributed by atoms with Crippen LogP contribution in [0.5, 0.6) is 0 Å². The number of anilines is 1. The van der Waals surface area contributed by atoms with Crippen molar-refractivity contribution in [1.29, 1.82) is 0 Å². The van der Waals surface area contributed by atoms with Gasteiger partial charge in [0.05, 0.1) is 0 Å². The van der Waals surface area contributed by atoms with Crippen LogP contribution < -0.4 is 5.32 Å². The average Bonchev–Trinajstić information content (AvgIpc) is 2.38. The van der Waals surface area contributed by atoms with Crippen LogP contribution in [0.4, 0.5) is 5.82 Å². The average molecular weight is 267 g/mol. The van der Waals surface area contributed by atoms with Gasteiger partial charge in [0, 0.05) is 40.1 Å². The highest BCUT2D eigenvalue weighted by atomic mass is 32.2. The molecule has 1 aromatic heterocycles. The smallest absolute Gasteiger partial charge is 0.132 e. The summed E-state index contributed by atoms with van der Waals surface area (Å²) in [6, 6.07) is 0. The molecule has 0 amide bonds. The van der Waals surface area contributed by atoms with Gasteiger partial charge in [-0.05, 0) is 32.1 Å². The van der Waals surface area contributed by atoms with E-state index in [2.05, 4.69) is 15.3 Å². The van der Waals surface area contributed by atoms with E-state index in [9.17, 15) is 4.21 Å². The fraction of sp³-hybridized carbons (Fsp3) is 0.692. The Hall–Kier alpha value is -0.970. The predicted molar refractivity (Wildman–Crippen MR) is 75.3 cm³/mol. The lowest BCUT2D eigenvalue weighted by atomic mass is 9.96. The van der Waals surface area contributed by atoms with Crippen molar-refractivity contribution in [3.63, 3.8) is 0 Å². The SMILES string of the molecule is CC(CCNc1ncnc2c1CCCC2)S(C)=O. The summed E-state index contributed by atoms with van der Waals surface area (Å²) < 4.78 is 11.3. The van der Waals surface area contributed by atoms with E-state index < -0.39 is 10.8 Å². The lowest BCUT2D eigenvalue weighted by molar-refractivity contribution is 0.661. The van der Waals surface area contributed by atoms with Gasteiger partial charge < -0.3 is 5.32 Å². The van der Waals surface area contributed by atoms with E-state index >= 15 is 0 Å². The molecule has 0 saturated heterocycles. The minimum absolute atomic E-state index is 0.232. The van der Waals surface area contributed by atoms with Crippen molar-refractivity contribution in [1.82, 2.24) is 9.97 Å². The highest BCUT2D eigenvalue weighted by Gasteiger charge is 2.15. The first kappa shape index (κ1) is 13.5. The minimum atomic E-state index is -0.743. The molecule has 2 unspecified atom stereocenters. The Morgan fingerprint density at radius 1 is 1.39 bits per heavy atom. The summed E-state index contributed by atoms with van der Waals surface area (Å²) in [6.45, 7) is 2.84. The molecule has 0 fully saturated rings. The van der Waals surface area contributed by atoms with E-state index in [-0.39, 0.29) is 5.25 Å². The third-order valence-corrected chi connectivity index (χ3v) is 4.90. The van der Waals surface area contributed by atoms with Gasteiger partial charge in [-0.15, -0.1) is 0 Å². The molecule has 2 atom stereocenters. The first-order valence-electron chi connectivity index (χ1n) is 6.57.